The number of carbonyl (C=O) groups is 1. The van der Waals surface area contributed by atoms with Gasteiger partial charge in [0.05, 0.1) is 3.79 Å². The Morgan fingerprint density at radius 3 is 2.88 bits per heavy atom. The van der Waals surface area contributed by atoms with Crippen molar-refractivity contribution in [1.29, 1.82) is 0 Å². The molecule has 0 fully saturated rings. The van der Waals surface area contributed by atoms with Crippen LogP contribution in [0.2, 0.25) is 0 Å². The molecule has 3 aromatic rings. The van der Waals surface area contributed by atoms with Gasteiger partial charge in [0.2, 0.25) is 5.91 Å². The Balaban J connectivity index is 1.70. The number of benzene rings is 1. The van der Waals surface area contributed by atoms with Crippen LogP contribution in [-0.4, -0.2) is 32.7 Å². The summed E-state index contributed by atoms with van der Waals surface area (Å²) < 4.78 is 16.0. The van der Waals surface area contributed by atoms with Gasteiger partial charge in [-0.3, -0.25) is 4.79 Å². The minimum atomic E-state index is -0.637. The van der Waals surface area contributed by atoms with Crippen molar-refractivity contribution >= 4 is 33.2 Å². The molecule has 0 aliphatic carbocycles. The van der Waals surface area contributed by atoms with E-state index >= 15 is 0 Å². The molecule has 1 amide bonds. The maximum absolute atomic E-state index is 13.5. The van der Waals surface area contributed by atoms with Gasteiger partial charge in [-0.15, -0.1) is 16.4 Å². The first-order valence-corrected chi connectivity index (χ1v) is 9.64. The Bertz CT molecular complexity index is 897. The van der Waals surface area contributed by atoms with E-state index in [1.807, 2.05) is 12.1 Å². The van der Waals surface area contributed by atoms with Crippen LogP contribution in [0.15, 0.2) is 40.2 Å². The van der Waals surface area contributed by atoms with Crippen molar-refractivity contribution in [3.8, 4) is 0 Å². The van der Waals surface area contributed by atoms with Gasteiger partial charge < -0.3 is 5.32 Å². The second-order valence-corrected chi connectivity index (χ2v) is 8.31. The van der Waals surface area contributed by atoms with Gasteiger partial charge in [-0.25, -0.2) is 9.07 Å². The topological polar surface area (TPSA) is 72.7 Å². The SMILES string of the molecule is Cc1nnnn1C(Cc1cccc(F)c1)C(=O)NCCc1ccc(Br)s1. The largest absolute Gasteiger partial charge is 0.354 e. The normalized spacial score (nSPS) is 12.1. The number of rotatable bonds is 7. The summed E-state index contributed by atoms with van der Waals surface area (Å²) >= 11 is 5.07. The molecule has 1 unspecified atom stereocenters. The number of hydrogen-bond acceptors (Lipinski definition) is 5. The summed E-state index contributed by atoms with van der Waals surface area (Å²) in [6.45, 7) is 2.24. The summed E-state index contributed by atoms with van der Waals surface area (Å²) in [4.78, 5) is 13.9. The van der Waals surface area contributed by atoms with Crippen LogP contribution in [0.3, 0.4) is 0 Å². The van der Waals surface area contributed by atoms with Crippen LogP contribution in [0.5, 0.6) is 0 Å². The van der Waals surface area contributed by atoms with E-state index in [-0.39, 0.29) is 11.7 Å². The van der Waals surface area contributed by atoms with Crippen molar-refractivity contribution in [2.75, 3.05) is 6.54 Å². The van der Waals surface area contributed by atoms with Crippen LogP contribution in [0.4, 0.5) is 4.39 Å². The molecule has 0 aliphatic heterocycles. The standard InChI is InChI=1S/C17H17BrFN5OS/c1-11-21-22-23-24(11)15(10-12-3-2-4-13(19)9-12)17(25)20-8-7-14-5-6-16(18)26-14/h2-6,9,15H,7-8,10H2,1H3,(H,20,25). The lowest BCUT2D eigenvalue weighted by Crippen LogP contribution is -2.36. The van der Waals surface area contributed by atoms with E-state index in [0.717, 1.165) is 10.2 Å². The number of nitrogens with zero attached hydrogens (tertiary/aromatic N) is 4. The number of aromatic nitrogens is 4. The number of thiophene rings is 1. The van der Waals surface area contributed by atoms with E-state index in [1.54, 1.807) is 30.4 Å². The molecule has 0 saturated carbocycles. The van der Waals surface area contributed by atoms with Gasteiger partial charge in [-0.2, -0.15) is 0 Å². The minimum absolute atomic E-state index is 0.194. The number of carbonyl (C=O) groups excluding carboxylic acids is 1. The van der Waals surface area contributed by atoms with E-state index < -0.39 is 6.04 Å². The molecule has 1 N–H and O–H groups in total. The van der Waals surface area contributed by atoms with Crippen molar-refractivity contribution in [2.45, 2.75) is 25.8 Å². The predicted octanol–water partition coefficient (Wildman–Crippen LogP) is 3.09. The number of nitrogens with one attached hydrogen (secondary N) is 1. The first-order valence-electron chi connectivity index (χ1n) is 8.04. The smallest absolute Gasteiger partial charge is 0.245 e. The monoisotopic (exact) mass is 437 g/mol. The van der Waals surface area contributed by atoms with E-state index in [0.29, 0.717) is 24.4 Å². The van der Waals surface area contributed by atoms with Crippen molar-refractivity contribution in [3.63, 3.8) is 0 Å². The number of amides is 1. The van der Waals surface area contributed by atoms with Crippen LogP contribution in [0.25, 0.3) is 0 Å². The highest BCUT2D eigenvalue weighted by molar-refractivity contribution is 9.11. The van der Waals surface area contributed by atoms with E-state index in [9.17, 15) is 9.18 Å². The Labute approximate surface area is 162 Å². The Kier molecular flexibility index (Phi) is 6.10. The predicted molar refractivity (Wildman–Crippen MR) is 100 cm³/mol. The first-order chi connectivity index (χ1) is 12.5. The Morgan fingerprint density at radius 2 is 2.23 bits per heavy atom. The summed E-state index contributed by atoms with van der Waals surface area (Å²) in [5.41, 5.74) is 0.710. The zero-order valence-electron chi connectivity index (χ0n) is 14.0. The van der Waals surface area contributed by atoms with Crippen molar-refractivity contribution < 1.29 is 9.18 Å². The van der Waals surface area contributed by atoms with Gasteiger partial charge in [-0.05, 0) is 69.5 Å². The van der Waals surface area contributed by atoms with Crippen LogP contribution in [0.1, 0.15) is 22.3 Å². The molecule has 0 spiro atoms. The zero-order chi connectivity index (χ0) is 18.5. The average Bonchev–Trinajstić information content (AvgIpc) is 3.21. The molecule has 2 heterocycles. The molecule has 2 aromatic heterocycles. The zero-order valence-corrected chi connectivity index (χ0v) is 16.4. The third kappa shape index (κ3) is 4.73. The third-order valence-electron chi connectivity index (χ3n) is 3.87. The number of tetrazole rings is 1. The second kappa shape index (κ2) is 8.50. The highest BCUT2D eigenvalue weighted by Gasteiger charge is 2.24. The summed E-state index contributed by atoms with van der Waals surface area (Å²) in [5.74, 6) is 0.00221. The van der Waals surface area contributed by atoms with E-state index in [1.165, 1.54) is 21.7 Å². The summed E-state index contributed by atoms with van der Waals surface area (Å²) in [6.07, 6.45) is 1.04. The van der Waals surface area contributed by atoms with Crippen LogP contribution in [-0.2, 0) is 17.6 Å². The van der Waals surface area contributed by atoms with Crippen molar-refractivity contribution in [2.24, 2.45) is 0 Å². The molecule has 0 radical (unpaired) electrons. The summed E-state index contributed by atoms with van der Waals surface area (Å²) in [6, 6.07) is 9.58. The molecular weight excluding hydrogens is 421 g/mol. The van der Waals surface area contributed by atoms with Gasteiger partial charge >= 0.3 is 0 Å². The lowest BCUT2D eigenvalue weighted by molar-refractivity contribution is -0.124. The quantitative estimate of drug-likeness (QED) is 0.616. The van der Waals surface area contributed by atoms with Gasteiger partial charge in [-0.1, -0.05) is 12.1 Å². The van der Waals surface area contributed by atoms with E-state index in [4.69, 9.17) is 0 Å². The Morgan fingerprint density at radius 1 is 1.38 bits per heavy atom. The fraction of sp³-hybridized carbons (Fsp3) is 0.294. The molecular formula is C17H17BrFN5OS. The van der Waals surface area contributed by atoms with Crippen molar-refractivity contribution in [3.05, 3.63) is 62.3 Å². The van der Waals surface area contributed by atoms with Crippen LogP contribution in [0, 0.1) is 12.7 Å². The maximum Gasteiger partial charge on any atom is 0.245 e. The van der Waals surface area contributed by atoms with E-state index in [2.05, 4.69) is 36.8 Å². The average molecular weight is 438 g/mol. The molecule has 3 rings (SSSR count). The molecule has 1 atom stereocenters. The van der Waals surface area contributed by atoms with Gasteiger partial charge in [0.15, 0.2) is 0 Å². The molecule has 6 nitrogen and oxygen atoms in total. The molecule has 1 aromatic carbocycles. The molecule has 9 heteroatoms. The third-order valence-corrected chi connectivity index (χ3v) is 5.56. The number of halogens is 2. The number of aryl methyl sites for hydroxylation is 1. The Hall–Kier alpha value is -2.13. The fourth-order valence-electron chi connectivity index (χ4n) is 2.62. The molecule has 26 heavy (non-hydrogen) atoms. The van der Waals surface area contributed by atoms with Crippen molar-refractivity contribution in [1.82, 2.24) is 25.5 Å². The summed E-state index contributed by atoms with van der Waals surface area (Å²) in [7, 11) is 0. The van der Waals surface area contributed by atoms with Crippen LogP contribution >= 0.6 is 27.3 Å². The van der Waals surface area contributed by atoms with Gasteiger partial charge in [0, 0.05) is 17.8 Å². The molecule has 0 saturated heterocycles. The second-order valence-electron chi connectivity index (χ2n) is 5.77. The van der Waals surface area contributed by atoms with Gasteiger partial charge in [0.25, 0.3) is 0 Å². The maximum atomic E-state index is 13.5. The summed E-state index contributed by atoms with van der Waals surface area (Å²) in [5, 5.41) is 14.3. The highest BCUT2D eigenvalue weighted by atomic mass is 79.9. The molecule has 136 valence electrons. The lowest BCUT2D eigenvalue weighted by atomic mass is 10.0. The minimum Gasteiger partial charge on any atom is -0.354 e. The van der Waals surface area contributed by atoms with Crippen LogP contribution < -0.4 is 5.32 Å². The van der Waals surface area contributed by atoms with Gasteiger partial charge in [0.1, 0.15) is 17.7 Å². The first kappa shape index (κ1) is 18.7. The molecule has 0 bridgehead atoms. The molecule has 0 aliphatic rings. The fourth-order valence-corrected chi connectivity index (χ4v) is 4.10. The number of hydrogen-bond donors (Lipinski definition) is 1. The lowest BCUT2D eigenvalue weighted by Gasteiger charge is -2.17. The highest BCUT2D eigenvalue weighted by Crippen LogP contribution is 2.22.